The average Bonchev–Trinajstić information content (AvgIpc) is 3.03. The molecule has 1 saturated carbocycles. The van der Waals surface area contributed by atoms with E-state index < -0.39 is 0 Å². The van der Waals surface area contributed by atoms with Gasteiger partial charge in [0.2, 0.25) is 5.95 Å². The third kappa shape index (κ3) is 3.71. The summed E-state index contributed by atoms with van der Waals surface area (Å²) in [6, 6.07) is 1.99. The largest absolute Gasteiger partial charge is 0.354 e. The zero-order valence-corrected chi connectivity index (χ0v) is 12.9. The Hall–Kier alpha value is -1.65. The van der Waals surface area contributed by atoms with Crippen LogP contribution in [0.5, 0.6) is 0 Å². The molecule has 1 aromatic rings. The van der Waals surface area contributed by atoms with Gasteiger partial charge in [-0.2, -0.15) is 4.98 Å². The molecule has 0 atom stereocenters. The highest BCUT2D eigenvalue weighted by Crippen LogP contribution is 2.24. The number of hydrogen-bond acceptors (Lipinski definition) is 5. The Morgan fingerprint density at radius 3 is 2.95 bits per heavy atom. The fourth-order valence-corrected chi connectivity index (χ4v) is 3.26. The zero-order valence-electron chi connectivity index (χ0n) is 12.9. The lowest BCUT2D eigenvalue weighted by Crippen LogP contribution is -2.22. The summed E-state index contributed by atoms with van der Waals surface area (Å²) >= 11 is 0. The Kier molecular flexibility index (Phi) is 4.68. The minimum absolute atomic E-state index is 0.764. The van der Waals surface area contributed by atoms with Gasteiger partial charge in [0.25, 0.3) is 0 Å². The Morgan fingerprint density at radius 2 is 2.19 bits per heavy atom. The molecule has 114 valence electrons. The number of aromatic nitrogens is 2. The Morgan fingerprint density at radius 1 is 1.33 bits per heavy atom. The summed E-state index contributed by atoms with van der Waals surface area (Å²) in [4.78, 5) is 15.6. The van der Waals surface area contributed by atoms with Crippen molar-refractivity contribution in [3.8, 4) is 0 Å². The molecule has 0 radical (unpaired) electrons. The smallest absolute Gasteiger partial charge is 0.224 e. The summed E-state index contributed by atoms with van der Waals surface area (Å²) < 4.78 is 0. The molecule has 0 amide bonds. The maximum atomic E-state index is 4.66. The normalized spacial score (nSPS) is 22.0. The standard InChI is InChI=1S/C16H25N5/c1-17-14-8-10-21(12-14)15-7-9-18-16(20-15)19-11-13-5-3-2-4-6-13/h7,9,13H,2-6,8,10-12H2,1H3,(H,18,19,20). The van der Waals surface area contributed by atoms with Gasteiger partial charge in [-0.3, -0.25) is 4.99 Å². The fraction of sp³-hybridized carbons (Fsp3) is 0.688. The van der Waals surface area contributed by atoms with Crippen LogP contribution in [0.15, 0.2) is 17.3 Å². The van der Waals surface area contributed by atoms with Crippen molar-refractivity contribution in [2.75, 3.05) is 36.9 Å². The second-order valence-electron chi connectivity index (χ2n) is 6.08. The number of hydrogen-bond donors (Lipinski definition) is 1. The first-order valence-electron chi connectivity index (χ1n) is 8.11. The van der Waals surface area contributed by atoms with Crippen molar-refractivity contribution >= 4 is 17.5 Å². The Balaban J connectivity index is 1.58. The third-order valence-electron chi connectivity index (χ3n) is 4.60. The van der Waals surface area contributed by atoms with Crippen LogP contribution in [0.1, 0.15) is 38.5 Å². The average molecular weight is 287 g/mol. The topological polar surface area (TPSA) is 53.4 Å². The third-order valence-corrected chi connectivity index (χ3v) is 4.60. The van der Waals surface area contributed by atoms with Crippen LogP contribution in [0, 0.1) is 5.92 Å². The highest BCUT2D eigenvalue weighted by atomic mass is 15.2. The molecule has 0 spiro atoms. The molecular formula is C16H25N5. The number of nitrogens with one attached hydrogen (secondary N) is 1. The molecule has 1 aromatic heterocycles. The van der Waals surface area contributed by atoms with Crippen molar-refractivity contribution in [1.29, 1.82) is 0 Å². The van der Waals surface area contributed by atoms with Gasteiger partial charge >= 0.3 is 0 Å². The van der Waals surface area contributed by atoms with Gasteiger partial charge in [0.15, 0.2) is 0 Å². The van der Waals surface area contributed by atoms with Gasteiger partial charge in [-0.1, -0.05) is 19.3 Å². The van der Waals surface area contributed by atoms with Crippen molar-refractivity contribution in [3.05, 3.63) is 12.3 Å². The number of rotatable bonds is 4. The molecule has 21 heavy (non-hydrogen) atoms. The molecular weight excluding hydrogens is 262 g/mol. The minimum Gasteiger partial charge on any atom is -0.354 e. The fourth-order valence-electron chi connectivity index (χ4n) is 3.26. The zero-order chi connectivity index (χ0) is 14.5. The van der Waals surface area contributed by atoms with Crippen molar-refractivity contribution < 1.29 is 0 Å². The first-order chi connectivity index (χ1) is 10.3. The molecule has 1 aliphatic heterocycles. The number of nitrogens with zero attached hydrogens (tertiary/aromatic N) is 4. The Bertz CT molecular complexity index is 493. The molecule has 5 heteroatoms. The van der Waals surface area contributed by atoms with E-state index in [1.54, 1.807) is 0 Å². The second kappa shape index (κ2) is 6.87. The first kappa shape index (κ1) is 14.3. The van der Waals surface area contributed by atoms with E-state index in [2.05, 4.69) is 25.2 Å². The lowest BCUT2D eigenvalue weighted by atomic mass is 9.89. The van der Waals surface area contributed by atoms with Crippen LogP contribution in [0.4, 0.5) is 11.8 Å². The quantitative estimate of drug-likeness (QED) is 0.925. The highest BCUT2D eigenvalue weighted by molar-refractivity contribution is 5.91. The summed E-state index contributed by atoms with van der Waals surface area (Å²) in [5.41, 5.74) is 1.25. The van der Waals surface area contributed by atoms with Gasteiger partial charge in [-0.25, -0.2) is 4.98 Å². The summed E-state index contributed by atoms with van der Waals surface area (Å²) in [6.45, 7) is 2.91. The monoisotopic (exact) mass is 287 g/mol. The van der Waals surface area contributed by atoms with Crippen LogP contribution in [0.3, 0.4) is 0 Å². The van der Waals surface area contributed by atoms with Gasteiger partial charge in [0.05, 0.1) is 6.54 Å². The molecule has 0 aromatic carbocycles. The van der Waals surface area contributed by atoms with E-state index in [0.717, 1.165) is 43.7 Å². The van der Waals surface area contributed by atoms with E-state index in [0.29, 0.717) is 0 Å². The van der Waals surface area contributed by atoms with Gasteiger partial charge in [-0.05, 0) is 24.8 Å². The van der Waals surface area contributed by atoms with Gasteiger partial charge < -0.3 is 10.2 Å². The number of aliphatic imine (C=N–C) groups is 1. The maximum Gasteiger partial charge on any atom is 0.224 e. The van der Waals surface area contributed by atoms with Gasteiger partial charge in [-0.15, -0.1) is 0 Å². The van der Waals surface area contributed by atoms with Crippen LogP contribution in [-0.2, 0) is 0 Å². The molecule has 5 nitrogen and oxygen atoms in total. The summed E-state index contributed by atoms with van der Waals surface area (Å²) in [5, 5.41) is 3.42. The van der Waals surface area contributed by atoms with E-state index in [1.165, 1.54) is 37.8 Å². The predicted molar refractivity (Wildman–Crippen MR) is 87.3 cm³/mol. The Labute approximate surface area is 126 Å². The number of anilines is 2. The molecule has 2 heterocycles. The maximum absolute atomic E-state index is 4.66. The minimum atomic E-state index is 0.764. The molecule has 2 fully saturated rings. The van der Waals surface area contributed by atoms with Crippen molar-refractivity contribution in [2.45, 2.75) is 38.5 Å². The predicted octanol–water partition coefficient (Wildman–Crippen LogP) is 2.75. The van der Waals surface area contributed by atoms with Crippen molar-refractivity contribution in [3.63, 3.8) is 0 Å². The molecule has 1 saturated heterocycles. The SMILES string of the molecule is CN=C1CCN(c2ccnc(NCC3CCCCC3)n2)C1. The van der Waals surface area contributed by atoms with Crippen LogP contribution in [0.2, 0.25) is 0 Å². The summed E-state index contributed by atoms with van der Waals surface area (Å²) in [7, 11) is 1.87. The van der Waals surface area contributed by atoms with E-state index in [1.807, 2.05) is 19.3 Å². The second-order valence-corrected chi connectivity index (χ2v) is 6.08. The molecule has 3 rings (SSSR count). The molecule has 0 bridgehead atoms. The van der Waals surface area contributed by atoms with Gasteiger partial charge in [0.1, 0.15) is 5.82 Å². The van der Waals surface area contributed by atoms with Crippen molar-refractivity contribution in [2.24, 2.45) is 10.9 Å². The summed E-state index contributed by atoms with van der Waals surface area (Å²) in [5.74, 6) is 2.56. The van der Waals surface area contributed by atoms with E-state index in [9.17, 15) is 0 Å². The lowest BCUT2D eigenvalue weighted by molar-refractivity contribution is 0.373. The van der Waals surface area contributed by atoms with Crippen LogP contribution in [-0.4, -0.2) is 42.4 Å². The van der Waals surface area contributed by atoms with Crippen molar-refractivity contribution in [1.82, 2.24) is 9.97 Å². The summed E-state index contributed by atoms with van der Waals surface area (Å²) in [6.07, 6.45) is 9.74. The lowest BCUT2D eigenvalue weighted by Gasteiger charge is -2.22. The molecule has 0 unspecified atom stereocenters. The first-order valence-corrected chi connectivity index (χ1v) is 8.11. The van der Waals surface area contributed by atoms with Crippen LogP contribution < -0.4 is 10.2 Å². The highest BCUT2D eigenvalue weighted by Gasteiger charge is 2.19. The van der Waals surface area contributed by atoms with Crippen LogP contribution >= 0.6 is 0 Å². The molecule has 2 aliphatic rings. The van der Waals surface area contributed by atoms with E-state index in [4.69, 9.17) is 0 Å². The molecule has 1 N–H and O–H groups in total. The van der Waals surface area contributed by atoms with Gasteiger partial charge in [0, 0.05) is 38.5 Å². The van der Waals surface area contributed by atoms with E-state index in [-0.39, 0.29) is 0 Å². The van der Waals surface area contributed by atoms with Crippen LogP contribution in [0.25, 0.3) is 0 Å². The van der Waals surface area contributed by atoms with E-state index >= 15 is 0 Å². The molecule has 1 aliphatic carbocycles.